The minimum Gasteiger partial charge on any atom is -0.289 e. The number of ketones is 1. The minimum atomic E-state index is 0.0846. The number of hydrogen-bond acceptors (Lipinski definition) is 1. The second kappa shape index (κ2) is 6.34. The fourth-order valence-corrected chi connectivity index (χ4v) is 1.93. The van der Waals surface area contributed by atoms with E-state index in [4.69, 9.17) is 0 Å². The van der Waals surface area contributed by atoms with Gasteiger partial charge in [-0.05, 0) is 37.8 Å². The van der Waals surface area contributed by atoms with Crippen LogP contribution < -0.4 is 0 Å². The van der Waals surface area contributed by atoms with Gasteiger partial charge in [-0.2, -0.15) is 0 Å². The molecule has 0 fully saturated rings. The van der Waals surface area contributed by atoms with Gasteiger partial charge in [0.05, 0.1) is 0 Å². The Kier molecular flexibility index (Phi) is 5.08. The SMILES string of the molecule is C=C(C)c1ccc(C(=O)C=C(C)CC(C)C)cc1. The number of hydrogen-bond donors (Lipinski definition) is 0. The molecule has 0 aliphatic rings. The molecule has 1 nitrogen and oxygen atoms in total. The lowest BCUT2D eigenvalue weighted by atomic mass is 10.00. The molecule has 0 aliphatic heterocycles. The molecule has 1 aromatic carbocycles. The van der Waals surface area contributed by atoms with E-state index in [0.29, 0.717) is 5.92 Å². The fourth-order valence-electron chi connectivity index (χ4n) is 1.93. The van der Waals surface area contributed by atoms with Crippen LogP contribution in [0.4, 0.5) is 0 Å². The molecule has 0 amide bonds. The van der Waals surface area contributed by atoms with Crippen molar-refractivity contribution in [3.05, 3.63) is 53.6 Å². The summed E-state index contributed by atoms with van der Waals surface area (Å²) in [6.45, 7) is 12.2. The molecule has 0 bridgehead atoms. The highest BCUT2D eigenvalue weighted by atomic mass is 16.1. The van der Waals surface area contributed by atoms with E-state index in [1.807, 2.05) is 38.1 Å². The molecule has 0 saturated carbocycles. The Bertz CT molecular complexity index is 461. The van der Waals surface area contributed by atoms with Crippen LogP contribution >= 0.6 is 0 Å². The summed E-state index contributed by atoms with van der Waals surface area (Å²) < 4.78 is 0. The van der Waals surface area contributed by atoms with Crippen LogP contribution in [-0.2, 0) is 0 Å². The summed E-state index contributed by atoms with van der Waals surface area (Å²) in [5, 5.41) is 0. The second-order valence-electron chi connectivity index (χ2n) is 5.31. The first kappa shape index (κ1) is 14.4. The molecule has 0 saturated heterocycles. The van der Waals surface area contributed by atoms with Crippen molar-refractivity contribution in [3.8, 4) is 0 Å². The summed E-state index contributed by atoms with van der Waals surface area (Å²) >= 11 is 0. The number of allylic oxidation sites excluding steroid dienone is 3. The molecule has 0 aliphatic carbocycles. The summed E-state index contributed by atoms with van der Waals surface area (Å²) in [6.07, 6.45) is 2.71. The van der Waals surface area contributed by atoms with Gasteiger partial charge in [0.1, 0.15) is 0 Å². The summed E-state index contributed by atoms with van der Waals surface area (Å²) in [4.78, 5) is 12.0. The van der Waals surface area contributed by atoms with Crippen LogP contribution in [0, 0.1) is 5.92 Å². The lowest BCUT2D eigenvalue weighted by molar-refractivity contribution is 0.104. The maximum absolute atomic E-state index is 12.0. The largest absolute Gasteiger partial charge is 0.289 e. The molecular formula is C17H22O. The van der Waals surface area contributed by atoms with Crippen molar-refractivity contribution >= 4 is 11.4 Å². The average molecular weight is 242 g/mol. The Labute approximate surface area is 110 Å². The van der Waals surface area contributed by atoms with E-state index in [1.54, 1.807) is 6.08 Å². The molecule has 0 aromatic heterocycles. The number of rotatable bonds is 5. The topological polar surface area (TPSA) is 17.1 Å². The second-order valence-corrected chi connectivity index (χ2v) is 5.31. The van der Waals surface area contributed by atoms with Gasteiger partial charge in [0.25, 0.3) is 0 Å². The fraction of sp³-hybridized carbons (Fsp3) is 0.353. The number of carbonyl (C=O) groups is 1. The maximum atomic E-state index is 12.0. The van der Waals surface area contributed by atoms with Crippen LogP contribution in [0.2, 0.25) is 0 Å². The molecule has 96 valence electrons. The van der Waals surface area contributed by atoms with E-state index in [1.165, 1.54) is 0 Å². The number of carbonyl (C=O) groups excluding carboxylic acids is 1. The van der Waals surface area contributed by atoms with E-state index < -0.39 is 0 Å². The van der Waals surface area contributed by atoms with Crippen molar-refractivity contribution in [1.82, 2.24) is 0 Å². The van der Waals surface area contributed by atoms with Crippen LogP contribution in [0.5, 0.6) is 0 Å². The highest BCUT2D eigenvalue weighted by Gasteiger charge is 2.04. The summed E-state index contributed by atoms with van der Waals surface area (Å²) in [5.74, 6) is 0.668. The lowest BCUT2D eigenvalue weighted by Crippen LogP contribution is -1.97. The van der Waals surface area contributed by atoms with Crippen molar-refractivity contribution in [1.29, 1.82) is 0 Å². The smallest absolute Gasteiger partial charge is 0.185 e. The molecule has 0 unspecified atom stereocenters. The molecule has 0 atom stereocenters. The van der Waals surface area contributed by atoms with E-state index in [-0.39, 0.29) is 5.78 Å². The van der Waals surface area contributed by atoms with Gasteiger partial charge >= 0.3 is 0 Å². The number of benzene rings is 1. The third-order valence-electron chi connectivity index (χ3n) is 2.77. The van der Waals surface area contributed by atoms with Crippen LogP contribution in [0.1, 0.15) is 50.0 Å². The van der Waals surface area contributed by atoms with Crippen molar-refractivity contribution in [2.24, 2.45) is 5.92 Å². The monoisotopic (exact) mass is 242 g/mol. The Morgan fingerprint density at radius 2 is 1.67 bits per heavy atom. The Balaban J connectivity index is 2.81. The van der Waals surface area contributed by atoms with E-state index >= 15 is 0 Å². The van der Waals surface area contributed by atoms with Crippen LogP contribution in [0.25, 0.3) is 5.57 Å². The maximum Gasteiger partial charge on any atom is 0.185 e. The Morgan fingerprint density at radius 1 is 1.17 bits per heavy atom. The minimum absolute atomic E-state index is 0.0846. The van der Waals surface area contributed by atoms with Gasteiger partial charge in [-0.1, -0.05) is 55.8 Å². The van der Waals surface area contributed by atoms with Gasteiger partial charge in [0.2, 0.25) is 0 Å². The van der Waals surface area contributed by atoms with E-state index in [0.717, 1.165) is 28.7 Å². The molecule has 18 heavy (non-hydrogen) atoms. The normalized spacial score (nSPS) is 11.7. The summed E-state index contributed by atoms with van der Waals surface area (Å²) in [7, 11) is 0. The van der Waals surface area contributed by atoms with Crippen molar-refractivity contribution in [2.75, 3.05) is 0 Å². The zero-order valence-electron chi connectivity index (χ0n) is 11.8. The highest BCUT2D eigenvalue weighted by Crippen LogP contribution is 2.15. The molecule has 0 N–H and O–H groups in total. The van der Waals surface area contributed by atoms with Crippen LogP contribution in [-0.4, -0.2) is 5.78 Å². The third kappa shape index (κ3) is 4.33. The molecule has 1 rings (SSSR count). The molecule has 1 heteroatoms. The first-order chi connectivity index (χ1) is 8.40. The van der Waals surface area contributed by atoms with Gasteiger partial charge in [0, 0.05) is 5.56 Å². The predicted molar refractivity (Wildman–Crippen MR) is 78.7 cm³/mol. The van der Waals surface area contributed by atoms with Gasteiger partial charge in [0.15, 0.2) is 5.78 Å². The zero-order chi connectivity index (χ0) is 13.7. The predicted octanol–water partition coefficient (Wildman–Crippen LogP) is 4.89. The van der Waals surface area contributed by atoms with Crippen molar-refractivity contribution in [2.45, 2.75) is 34.1 Å². The Hall–Kier alpha value is -1.63. The van der Waals surface area contributed by atoms with Gasteiger partial charge < -0.3 is 0 Å². The lowest BCUT2D eigenvalue weighted by Gasteiger charge is -2.05. The summed E-state index contributed by atoms with van der Waals surface area (Å²) in [5.41, 5.74) is 3.97. The highest BCUT2D eigenvalue weighted by molar-refractivity contribution is 6.05. The van der Waals surface area contributed by atoms with Crippen LogP contribution in [0.3, 0.4) is 0 Å². The van der Waals surface area contributed by atoms with Crippen LogP contribution in [0.15, 0.2) is 42.5 Å². The molecular weight excluding hydrogens is 220 g/mol. The average Bonchev–Trinajstić information content (AvgIpc) is 2.27. The molecule has 0 heterocycles. The van der Waals surface area contributed by atoms with Gasteiger partial charge in [-0.3, -0.25) is 4.79 Å². The van der Waals surface area contributed by atoms with Crippen molar-refractivity contribution < 1.29 is 4.79 Å². The molecule has 0 radical (unpaired) electrons. The quantitative estimate of drug-likeness (QED) is 0.530. The van der Waals surface area contributed by atoms with Gasteiger partial charge in [-0.15, -0.1) is 0 Å². The van der Waals surface area contributed by atoms with E-state index in [2.05, 4.69) is 20.4 Å². The van der Waals surface area contributed by atoms with E-state index in [9.17, 15) is 4.79 Å². The zero-order valence-corrected chi connectivity index (χ0v) is 11.8. The summed E-state index contributed by atoms with van der Waals surface area (Å²) in [6, 6.07) is 7.62. The standard InChI is InChI=1S/C17H22O/c1-12(2)10-14(5)11-17(18)16-8-6-15(7-9-16)13(3)4/h6-9,11-12H,3,10H2,1-2,4-5H3. The molecule has 1 aromatic rings. The third-order valence-corrected chi connectivity index (χ3v) is 2.77. The van der Waals surface area contributed by atoms with Crippen molar-refractivity contribution in [3.63, 3.8) is 0 Å². The molecule has 0 spiro atoms. The van der Waals surface area contributed by atoms with Gasteiger partial charge in [-0.25, -0.2) is 0 Å². The Morgan fingerprint density at radius 3 is 2.11 bits per heavy atom. The first-order valence-electron chi connectivity index (χ1n) is 6.37. The first-order valence-corrected chi connectivity index (χ1v) is 6.37.